The number of aromatic nitrogens is 1. The Morgan fingerprint density at radius 1 is 1.08 bits per heavy atom. The molecule has 1 aromatic heterocycles. The molecule has 1 amide bonds. The zero-order valence-electron chi connectivity index (χ0n) is 23.1. The van der Waals surface area contributed by atoms with Crippen LogP contribution in [-0.4, -0.2) is 41.5 Å². The Labute approximate surface area is 238 Å². The molecule has 6 rings (SSSR count). The number of likely N-dealkylation sites (tertiary alicyclic amines) is 1. The summed E-state index contributed by atoms with van der Waals surface area (Å²) in [6.07, 6.45) is 15.4. The van der Waals surface area contributed by atoms with Gasteiger partial charge in [0.15, 0.2) is 0 Å². The van der Waals surface area contributed by atoms with Gasteiger partial charge < -0.3 is 10.2 Å². The maximum Gasteiger partial charge on any atom is 0.228 e. The molecule has 0 radical (unpaired) electrons. The molecule has 4 atom stereocenters. The number of aryl methyl sites for hydroxylation is 1. The fourth-order valence-electron chi connectivity index (χ4n) is 8.54. The summed E-state index contributed by atoms with van der Waals surface area (Å²) in [5.74, 6) is 1.34. The number of piperidine rings is 1. The summed E-state index contributed by atoms with van der Waals surface area (Å²) < 4.78 is 0. The number of carbonyl (C=O) groups is 1. The lowest BCUT2D eigenvalue weighted by atomic mass is 9.64. The Balaban J connectivity index is 1.32. The minimum Gasteiger partial charge on any atom is -0.339 e. The Hall–Kier alpha value is -2.43. The fourth-order valence-corrected chi connectivity index (χ4v) is 8.71. The van der Waals surface area contributed by atoms with Crippen LogP contribution >= 0.6 is 11.6 Å². The predicted octanol–water partition coefficient (Wildman–Crippen LogP) is 7.17. The monoisotopic (exact) mass is 543 g/mol. The SMILES string of the molecule is C=Cc1cccc(C2CCN(C(=O)[C@@H]3CNC[C@]34CCCc3nc(Cl)ccc34)C(C3CCCCC3)C2)c1C=C. The highest BCUT2D eigenvalue weighted by atomic mass is 35.5. The summed E-state index contributed by atoms with van der Waals surface area (Å²) in [7, 11) is 0. The van der Waals surface area contributed by atoms with E-state index in [-0.39, 0.29) is 11.3 Å². The third kappa shape index (κ3) is 4.78. The minimum atomic E-state index is -0.176. The van der Waals surface area contributed by atoms with E-state index < -0.39 is 0 Å². The standard InChI is InChI=1S/C34H42ClN3O/c1-3-23-12-8-13-27(26(23)4-2)25-17-19-38(31(20-25)24-10-6-5-7-11-24)33(39)29-21-36-22-34(29)18-9-14-30-28(34)15-16-32(35)37-30/h3-4,8,12-13,15-16,24-25,29,31,36H,1-2,5-7,9-11,14,17-22H2/t25?,29-,31?,34-/m0/s1. The van der Waals surface area contributed by atoms with Crippen molar-refractivity contribution in [3.8, 4) is 0 Å². The van der Waals surface area contributed by atoms with E-state index in [1.54, 1.807) is 0 Å². The molecule has 0 bridgehead atoms. The molecule has 4 aliphatic rings. The van der Waals surface area contributed by atoms with Crippen molar-refractivity contribution in [1.82, 2.24) is 15.2 Å². The van der Waals surface area contributed by atoms with Crippen molar-refractivity contribution in [2.24, 2.45) is 11.8 Å². The quantitative estimate of drug-likeness (QED) is 0.406. The molecule has 2 aromatic rings. The fraction of sp³-hybridized carbons (Fsp3) is 0.529. The molecular weight excluding hydrogens is 502 g/mol. The zero-order valence-corrected chi connectivity index (χ0v) is 23.9. The summed E-state index contributed by atoms with van der Waals surface area (Å²) in [5, 5.41) is 4.19. The molecule has 3 fully saturated rings. The van der Waals surface area contributed by atoms with Crippen molar-refractivity contribution in [2.75, 3.05) is 19.6 Å². The molecule has 39 heavy (non-hydrogen) atoms. The average molecular weight is 544 g/mol. The second-order valence-electron chi connectivity index (χ2n) is 12.3. The van der Waals surface area contributed by atoms with E-state index in [2.05, 4.69) is 47.6 Å². The van der Waals surface area contributed by atoms with Crippen LogP contribution in [0, 0.1) is 11.8 Å². The van der Waals surface area contributed by atoms with Crippen LogP contribution in [0.15, 0.2) is 43.5 Å². The summed E-state index contributed by atoms with van der Waals surface area (Å²) in [6.45, 7) is 10.6. The van der Waals surface area contributed by atoms with Crippen LogP contribution in [0.3, 0.4) is 0 Å². The average Bonchev–Trinajstić information content (AvgIpc) is 3.40. The second-order valence-corrected chi connectivity index (χ2v) is 12.7. The predicted molar refractivity (Wildman–Crippen MR) is 161 cm³/mol. The zero-order chi connectivity index (χ0) is 27.0. The Morgan fingerprint density at radius 3 is 2.72 bits per heavy atom. The first-order chi connectivity index (χ1) is 19.1. The number of benzene rings is 1. The lowest BCUT2D eigenvalue weighted by Crippen LogP contribution is -2.55. The van der Waals surface area contributed by atoms with Gasteiger partial charge in [0.25, 0.3) is 0 Å². The van der Waals surface area contributed by atoms with E-state index >= 15 is 0 Å². The maximum atomic E-state index is 14.7. The highest BCUT2D eigenvalue weighted by Gasteiger charge is 2.52. The summed E-state index contributed by atoms with van der Waals surface area (Å²) in [4.78, 5) is 21.7. The van der Waals surface area contributed by atoms with Gasteiger partial charge in [0.05, 0.1) is 5.92 Å². The van der Waals surface area contributed by atoms with Crippen LogP contribution in [0.4, 0.5) is 0 Å². The number of hydrogen-bond donors (Lipinski definition) is 1. The number of nitrogens with zero attached hydrogens (tertiary/aromatic N) is 2. The van der Waals surface area contributed by atoms with Crippen LogP contribution in [0.5, 0.6) is 0 Å². The number of hydrogen-bond acceptors (Lipinski definition) is 3. The topological polar surface area (TPSA) is 45.2 Å². The van der Waals surface area contributed by atoms with Crippen LogP contribution in [0.25, 0.3) is 12.2 Å². The molecule has 206 valence electrons. The highest BCUT2D eigenvalue weighted by Crippen LogP contribution is 2.48. The number of amides is 1. The van der Waals surface area contributed by atoms with Gasteiger partial charge in [-0.1, -0.05) is 80.4 Å². The van der Waals surface area contributed by atoms with Gasteiger partial charge in [-0.2, -0.15) is 0 Å². The number of fused-ring (bicyclic) bond motifs is 2. The lowest BCUT2D eigenvalue weighted by Gasteiger charge is -2.48. The molecule has 2 aliphatic heterocycles. The van der Waals surface area contributed by atoms with E-state index in [9.17, 15) is 4.79 Å². The molecule has 1 aromatic carbocycles. The molecule has 5 heteroatoms. The Morgan fingerprint density at radius 2 is 1.92 bits per heavy atom. The van der Waals surface area contributed by atoms with Crippen molar-refractivity contribution in [3.63, 3.8) is 0 Å². The smallest absolute Gasteiger partial charge is 0.228 e. The second kappa shape index (κ2) is 11.2. The van der Waals surface area contributed by atoms with E-state index in [0.29, 0.717) is 28.9 Å². The third-order valence-electron chi connectivity index (χ3n) is 10.4. The van der Waals surface area contributed by atoms with E-state index in [4.69, 9.17) is 16.6 Å². The molecule has 4 nitrogen and oxygen atoms in total. The van der Waals surface area contributed by atoms with Gasteiger partial charge in [-0.15, -0.1) is 0 Å². The first-order valence-corrected chi connectivity index (χ1v) is 15.5. The van der Waals surface area contributed by atoms with Gasteiger partial charge >= 0.3 is 0 Å². The number of carbonyl (C=O) groups excluding carboxylic acids is 1. The Bertz CT molecular complexity index is 1250. The number of rotatable bonds is 5. The first kappa shape index (κ1) is 26.8. The minimum absolute atomic E-state index is 0.0463. The van der Waals surface area contributed by atoms with Gasteiger partial charge in [-0.25, -0.2) is 4.98 Å². The molecule has 1 spiro atoms. The molecule has 2 aliphatic carbocycles. The molecule has 1 saturated carbocycles. The van der Waals surface area contributed by atoms with Crippen molar-refractivity contribution in [2.45, 2.75) is 81.6 Å². The van der Waals surface area contributed by atoms with Gasteiger partial charge in [0, 0.05) is 36.8 Å². The third-order valence-corrected chi connectivity index (χ3v) is 10.6. The van der Waals surface area contributed by atoms with Crippen molar-refractivity contribution >= 4 is 29.7 Å². The summed E-state index contributed by atoms with van der Waals surface area (Å²) >= 11 is 6.29. The van der Waals surface area contributed by atoms with Gasteiger partial charge in [0.1, 0.15) is 5.15 Å². The van der Waals surface area contributed by atoms with E-state index in [1.165, 1.54) is 48.8 Å². The first-order valence-electron chi connectivity index (χ1n) is 15.1. The van der Waals surface area contributed by atoms with Crippen LogP contribution < -0.4 is 5.32 Å². The number of pyridine rings is 1. The van der Waals surface area contributed by atoms with Crippen LogP contribution in [-0.2, 0) is 16.6 Å². The number of halogens is 1. The molecular formula is C34H42ClN3O. The van der Waals surface area contributed by atoms with Crippen molar-refractivity contribution in [1.29, 1.82) is 0 Å². The maximum absolute atomic E-state index is 14.7. The number of nitrogens with one attached hydrogen (secondary N) is 1. The summed E-state index contributed by atoms with van der Waals surface area (Å²) in [5.41, 5.74) is 5.91. The summed E-state index contributed by atoms with van der Waals surface area (Å²) in [6, 6.07) is 10.9. The lowest BCUT2D eigenvalue weighted by molar-refractivity contribution is -0.143. The normalized spacial score (nSPS) is 29.3. The van der Waals surface area contributed by atoms with Gasteiger partial charge in [-0.05, 0) is 85.1 Å². The highest BCUT2D eigenvalue weighted by molar-refractivity contribution is 6.29. The molecule has 3 heterocycles. The van der Waals surface area contributed by atoms with Crippen LogP contribution in [0.1, 0.15) is 91.7 Å². The molecule has 2 saturated heterocycles. The molecule has 2 unspecified atom stereocenters. The molecule has 1 N–H and O–H groups in total. The van der Waals surface area contributed by atoms with Gasteiger partial charge in [0.2, 0.25) is 5.91 Å². The largest absolute Gasteiger partial charge is 0.339 e. The van der Waals surface area contributed by atoms with E-state index in [0.717, 1.165) is 63.0 Å². The Kier molecular flexibility index (Phi) is 7.70. The van der Waals surface area contributed by atoms with E-state index in [1.807, 2.05) is 18.2 Å². The van der Waals surface area contributed by atoms with Crippen molar-refractivity contribution < 1.29 is 4.79 Å². The van der Waals surface area contributed by atoms with Gasteiger partial charge in [-0.3, -0.25) is 4.79 Å². The van der Waals surface area contributed by atoms with Crippen molar-refractivity contribution in [3.05, 3.63) is 76.6 Å². The van der Waals surface area contributed by atoms with Crippen LogP contribution in [0.2, 0.25) is 5.15 Å².